The van der Waals surface area contributed by atoms with Gasteiger partial charge in [0.1, 0.15) is 0 Å². The molecule has 1 aliphatic carbocycles. The minimum Gasteiger partial charge on any atom is -0.322 e. The van der Waals surface area contributed by atoms with E-state index < -0.39 is 0 Å². The summed E-state index contributed by atoms with van der Waals surface area (Å²) in [5, 5.41) is 2.86. The van der Waals surface area contributed by atoms with Crippen molar-refractivity contribution in [2.75, 3.05) is 0 Å². The molecular weight excluding hydrogens is 286 g/mol. The monoisotopic (exact) mass is 305 g/mol. The van der Waals surface area contributed by atoms with Gasteiger partial charge in [-0.25, -0.2) is 0 Å². The van der Waals surface area contributed by atoms with Gasteiger partial charge in [0.05, 0.1) is 11.1 Å². The average molecular weight is 306 g/mol. The van der Waals surface area contributed by atoms with E-state index in [4.69, 9.17) is 17.3 Å². The highest BCUT2D eigenvalue weighted by Gasteiger charge is 2.41. The number of hydrogen-bond donors (Lipinski definition) is 1. The molecular formula is C17H20ClNS. The van der Waals surface area contributed by atoms with Crippen molar-refractivity contribution in [3.8, 4) is 0 Å². The van der Waals surface area contributed by atoms with E-state index in [9.17, 15) is 0 Å². The molecule has 2 N–H and O–H groups in total. The van der Waals surface area contributed by atoms with Gasteiger partial charge in [0, 0.05) is 10.3 Å². The molecule has 1 aliphatic rings. The molecule has 0 aliphatic heterocycles. The number of rotatable bonds is 3. The van der Waals surface area contributed by atoms with Crippen LogP contribution in [0.25, 0.3) is 0 Å². The largest absolute Gasteiger partial charge is 0.322 e. The van der Waals surface area contributed by atoms with Gasteiger partial charge in [-0.05, 0) is 29.9 Å². The van der Waals surface area contributed by atoms with Gasteiger partial charge in [-0.15, -0.1) is 11.3 Å². The molecule has 0 bridgehead atoms. The van der Waals surface area contributed by atoms with E-state index in [2.05, 4.69) is 30.3 Å². The number of hydrogen-bond acceptors (Lipinski definition) is 2. The third-order valence-electron chi connectivity index (χ3n) is 4.62. The molecule has 2 aromatic rings. The van der Waals surface area contributed by atoms with Crippen molar-refractivity contribution in [2.45, 2.75) is 43.6 Å². The van der Waals surface area contributed by atoms with Crippen LogP contribution in [-0.2, 0) is 5.41 Å². The quantitative estimate of drug-likeness (QED) is 0.817. The summed E-state index contributed by atoms with van der Waals surface area (Å²) in [7, 11) is 0. The second-order valence-electron chi connectivity index (χ2n) is 5.69. The van der Waals surface area contributed by atoms with Crippen molar-refractivity contribution in [3.05, 3.63) is 57.2 Å². The predicted molar refractivity (Wildman–Crippen MR) is 87.5 cm³/mol. The fourth-order valence-corrected chi connectivity index (χ4v) is 4.80. The maximum atomic E-state index is 6.71. The van der Waals surface area contributed by atoms with Crippen LogP contribution in [0.15, 0.2) is 41.8 Å². The zero-order valence-electron chi connectivity index (χ0n) is 11.5. The van der Waals surface area contributed by atoms with Crippen LogP contribution in [0.2, 0.25) is 5.02 Å². The molecule has 0 amide bonds. The first-order valence-corrected chi connectivity index (χ1v) is 8.54. The summed E-state index contributed by atoms with van der Waals surface area (Å²) < 4.78 is 0. The number of halogens is 1. The maximum absolute atomic E-state index is 6.71. The van der Waals surface area contributed by atoms with Gasteiger partial charge >= 0.3 is 0 Å². The Bertz CT molecular complexity index is 557. The van der Waals surface area contributed by atoms with Crippen LogP contribution >= 0.6 is 22.9 Å². The van der Waals surface area contributed by atoms with Gasteiger partial charge in [0.15, 0.2) is 0 Å². The highest BCUT2D eigenvalue weighted by Crippen LogP contribution is 2.49. The van der Waals surface area contributed by atoms with Crippen molar-refractivity contribution in [2.24, 2.45) is 5.73 Å². The Morgan fingerprint density at radius 2 is 1.75 bits per heavy atom. The Hall–Kier alpha value is -0.830. The van der Waals surface area contributed by atoms with Crippen LogP contribution in [0, 0.1) is 0 Å². The van der Waals surface area contributed by atoms with Gasteiger partial charge in [0.25, 0.3) is 0 Å². The second kappa shape index (κ2) is 5.88. The zero-order valence-corrected chi connectivity index (χ0v) is 13.1. The highest BCUT2D eigenvalue weighted by atomic mass is 35.5. The van der Waals surface area contributed by atoms with E-state index in [1.807, 2.05) is 11.4 Å². The lowest BCUT2D eigenvalue weighted by Crippen LogP contribution is -2.40. The van der Waals surface area contributed by atoms with E-state index >= 15 is 0 Å². The molecule has 1 heterocycles. The Kier molecular flexibility index (Phi) is 4.16. The minimum atomic E-state index is -0.00213. The topological polar surface area (TPSA) is 26.0 Å². The fraction of sp³-hybridized carbons (Fsp3) is 0.412. The Labute approximate surface area is 129 Å². The Balaban J connectivity index is 2.04. The molecule has 20 heavy (non-hydrogen) atoms. The SMILES string of the molecule is NC(c1sccc1Cl)C1(c2ccccc2)CCCCC1. The van der Waals surface area contributed by atoms with Gasteiger partial charge in [-0.1, -0.05) is 61.2 Å². The predicted octanol–water partition coefficient (Wildman–Crippen LogP) is 5.30. The molecule has 1 aromatic carbocycles. The molecule has 1 unspecified atom stereocenters. The number of nitrogens with two attached hydrogens (primary N) is 1. The number of benzene rings is 1. The van der Waals surface area contributed by atoms with E-state index in [1.165, 1.54) is 24.8 Å². The van der Waals surface area contributed by atoms with Gasteiger partial charge in [-0.2, -0.15) is 0 Å². The lowest BCUT2D eigenvalue weighted by atomic mass is 9.65. The van der Waals surface area contributed by atoms with Crippen molar-refractivity contribution in [1.82, 2.24) is 0 Å². The lowest BCUT2D eigenvalue weighted by molar-refractivity contribution is 0.246. The van der Waals surface area contributed by atoms with Gasteiger partial charge < -0.3 is 5.73 Å². The van der Waals surface area contributed by atoms with Crippen LogP contribution in [-0.4, -0.2) is 0 Å². The van der Waals surface area contributed by atoms with Crippen molar-refractivity contribution < 1.29 is 0 Å². The molecule has 1 atom stereocenters. The summed E-state index contributed by atoms with van der Waals surface area (Å²) in [5.41, 5.74) is 8.13. The Morgan fingerprint density at radius 1 is 1.05 bits per heavy atom. The van der Waals surface area contributed by atoms with E-state index in [0.717, 1.165) is 22.7 Å². The van der Waals surface area contributed by atoms with Crippen molar-refractivity contribution in [1.29, 1.82) is 0 Å². The van der Waals surface area contributed by atoms with E-state index in [0.29, 0.717) is 0 Å². The van der Waals surface area contributed by atoms with Crippen LogP contribution < -0.4 is 5.73 Å². The highest BCUT2D eigenvalue weighted by molar-refractivity contribution is 7.10. The normalized spacial score (nSPS) is 19.7. The standard InChI is InChI=1S/C17H20ClNS/c18-14-9-12-20-15(14)16(19)17(10-5-2-6-11-17)13-7-3-1-4-8-13/h1,3-4,7-9,12,16H,2,5-6,10-11,19H2. The molecule has 1 aromatic heterocycles. The summed E-state index contributed by atoms with van der Waals surface area (Å²) in [4.78, 5) is 1.14. The first kappa shape index (κ1) is 14.1. The summed E-state index contributed by atoms with van der Waals surface area (Å²) in [6.45, 7) is 0. The first-order valence-electron chi connectivity index (χ1n) is 7.28. The molecule has 3 rings (SSSR count). The van der Waals surface area contributed by atoms with E-state index in [-0.39, 0.29) is 11.5 Å². The van der Waals surface area contributed by atoms with Crippen molar-refractivity contribution in [3.63, 3.8) is 0 Å². The van der Waals surface area contributed by atoms with Crippen LogP contribution in [0.5, 0.6) is 0 Å². The summed E-state index contributed by atoms with van der Waals surface area (Å²) in [6.07, 6.45) is 6.15. The first-order chi connectivity index (χ1) is 9.74. The second-order valence-corrected chi connectivity index (χ2v) is 7.05. The van der Waals surface area contributed by atoms with Gasteiger partial charge in [0.2, 0.25) is 0 Å². The summed E-state index contributed by atoms with van der Waals surface area (Å²) >= 11 is 8.02. The number of thiophene rings is 1. The molecule has 106 valence electrons. The third-order valence-corrected chi connectivity index (χ3v) is 6.06. The molecule has 0 saturated heterocycles. The van der Waals surface area contributed by atoms with Gasteiger partial charge in [-0.3, -0.25) is 0 Å². The zero-order chi connectivity index (χ0) is 14.0. The molecule has 0 spiro atoms. The van der Waals surface area contributed by atoms with Crippen LogP contribution in [0.4, 0.5) is 0 Å². The molecule has 3 heteroatoms. The molecule has 1 fully saturated rings. The molecule has 0 radical (unpaired) electrons. The smallest absolute Gasteiger partial charge is 0.0561 e. The summed E-state index contributed by atoms with van der Waals surface area (Å²) in [5.74, 6) is 0. The fourth-order valence-electron chi connectivity index (χ4n) is 3.51. The van der Waals surface area contributed by atoms with Crippen LogP contribution in [0.1, 0.15) is 48.6 Å². The summed E-state index contributed by atoms with van der Waals surface area (Å²) in [6, 6.07) is 12.7. The molecule has 1 nitrogen and oxygen atoms in total. The minimum absolute atomic E-state index is 0.00213. The van der Waals surface area contributed by atoms with Crippen LogP contribution in [0.3, 0.4) is 0 Å². The molecule has 1 saturated carbocycles. The van der Waals surface area contributed by atoms with E-state index in [1.54, 1.807) is 11.3 Å². The average Bonchev–Trinajstić information content (AvgIpc) is 2.94. The maximum Gasteiger partial charge on any atom is 0.0561 e. The van der Waals surface area contributed by atoms with Crippen molar-refractivity contribution >= 4 is 22.9 Å². The lowest BCUT2D eigenvalue weighted by Gasteiger charge is -2.42. The third kappa shape index (κ3) is 2.41. The Morgan fingerprint density at radius 3 is 2.35 bits per heavy atom.